The predicted molar refractivity (Wildman–Crippen MR) is 161 cm³/mol. The maximum absolute atomic E-state index is 13.5. The Balaban J connectivity index is 1.54. The maximum Gasteiger partial charge on any atom is 0.463 e. The third-order valence-corrected chi connectivity index (χ3v) is 6.47. The van der Waals surface area contributed by atoms with E-state index in [-0.39, 0.29) is 52.9 Å². The Hall–Kier alpha value is -5.35. The number of nitrogens with zero attached hydrogens (tertiary/aromatic N) is 4. The molecule has 0 aliphatic rings. The number of carbonyl (C=O) groups is 2. The number of nitrogens with two attached hydrogens (primary N) is 1. The van der Waals surface area contributed by atoms with Crippen molar-refractivity contribution in [3.63, 3.8) is 0 Å². The van der Waals surface area contributed by atoms with Crippen LogP contribution in [-0.2, 0) is 23.8 Å². The van der Waals surface area contributed by atoms with Crippen LogP contribution in [0, 0.1) is 0 Å². The summed E-state index contributed by atoms with van der Waals surface area (Å²) in [5.74, 6) is -8.63. The van der Waals surface area contributed by atoms with Gasteiger partial charge in [0.2, 0.25) is 11.7 Å². The number of benzene rings is 2. The van der Waals surface area contributed by atoms with Crippen molar-refractivity contribution in [3.8, 4) is 22.6 Å². The second-order valence-electron chi connectivity index (χ2n) is 11.1. The highest BCUT2D eigenvalue weighted by atomic mass is 19.4. The standard InChI is InChI=1S/C30H31F5N8O4/c1-15(2)39-25-27(46)43(22(13-38-25)19-9-20(11-21(36)10-19)26(45)40-16(3)4)14-23(44)37-12-17-5-7-18(8-6-17)24-41-28(47-42-24)29(31,32)30(33,34)35/h5-11,13,15-16H,12,14,36H2,1-4H3,(H,37,44)(H,38,39)(H,40,45). The SMILES string of the molecule is CC(C)NC(=O)c1cc(N)cc(-c2cnc(NC(C)C)c(=O)n2CC(=O)NCc2ccc(-c3noc(C(F)(F)C(F)(F)F)n3)cc2)c1. The molecular formula is C30H31F5N8O4. The van der Waals surface area contributed by atoms with Crippen molar-refractivity contribution in [2.24, 2.45) is 0 Å². The minimum atomic E-state index is -5.91. The van der Waals surface area contributed by atoms with Crippen molar-refractivity contribution in [2.45, 2.75) is 65.0 Å². The smallest absolute Gasteiger partial charge is 0.399 e. The Morgan fingerprint density at radius 3 is 2.28 bits per heavy atom. The first-order valence-corrected chi connectivity index (χ1v) is 14.2. The van der Waals surface area contributed by atoms with Gasteiger partial charge in [0.1, 0.15) is 6.54 Å². The molecule has 2 aromatic heterocycles. The monoisotopic (exact) mass is 662 g/mol. The summed E-state index contributed by atoms with van der Waals surface area (Å²) in [6.07, 6.45) is -4.51. The van der Waals surface area contributed by atoms with Crippen molar-refractivity contribution in [2.75, 3.05) is 11.1 Å². The Kier molecular flexibility index (Phi) is 9.96. The zero-order valence-electron chi connectivity index (χ0n) is 25.6. The molecule has 4 aromatic rings. The fraction of sp³-hybridized carbons (Fsp3) is 0.333. The van der Waals surface area contributed by atoms with Gasteiger partial charge in [0.15, 0.2) is 5.82 Å². The van der Waals surface area contributed by atoms with Crippen molar-refractivity contribution in [1.82, 2.24) is 30.3 Å². The van der Waals surface area contributed by atoms with Crippen molar-refractivity contribution in [1.29, 1.82) is 0 Å². The maximum atomic E-state index is 13.5. The van der Waals surface area contributed by atoms with Gasteiger partial charge in [-0.15, -0.1) is 0 Å². The second kappa shape index (κ2) is 13.6. The molecule has 2 heterocycles. The second-order valence-corrected chi connectivity index (χ2v) is 11.1. The van der Waals surface area contributed by atoms with Gasteiger partial charge in [-0.3, -0.25) is 19.0 Å². The first kappa shape index (κ1) is 34.5. The Morgan fingerprint density at radius 2 is 1.66 bits per heavy atom. The summed E-state index contributed by atoms with van der Waals surface area (Å²) < 4.78 is 70.2. The van der Waals surface area contributed by atoms with Gasteiger partial charge in [-0.1, -0.05) is 29.4 Å². The minimum absolute atomic E-state index is 0.00596. The molecule has 0 spiro atoms. The summed E-state index contributed by atoms with van der Waals surface area (Å²) in [5.41, 5.74) is 7.19. The molecule has 0 bridgehead atoms. The number of rotatable bonds is 11. The van der Waals surface area contributed by atoms with E-state index in [1.807, 2.05) is 13.8 Å². The number of nitrogen functional groups attached to an aromatic ring is 1. The normalized spacial score (nSPS) is 12.0. The molecule has 0 fully saturated rings. The number of alkyl halides is 5. The highest BCUT2D eigenvalue weighted by Gasteiger charge is 2.63. The Bertz CT molecular complexity index is 1820. The van der Waals surface area contributed by atoms with Gasteiger partial charge in [0.25, 0.3) is 11.5 Å². The fourth-order valence-corrected chi connectivity index (χ4v) is 4.29. The number of anilines is 2. The lowest BCUT2D eigenvalue weighted by Crippen LogP contribution is -2.35. The van der Waals surface area contributed by atoms with Crippen LogP contribution < -0.4 is 27.2 Å². The Labute approximate surface area is 264 Å². The Morgan fingerprint density at radius 1 is 0.979 bits per heavy atom. The van der Waals surface area contributed by atoms with Gasteiger partial charge in [-0.05, 0) is 51.5 Å². The largest absolute Gasteiger partial charge is 0.463 e. The van der Waals surface area contributed by atoms with Crippen molar-refractivity contribution < 1.29 is 36.1 Å². The molecule has 2 aromatic carbocycles. The number of hydrogen-bond acceptors (Lipinski definition) is 9. The lowest BCUT2D eigenvalue weighted by molar-refractivity contribution is -0.298. The molecule has 250 valence electrons. The molecule has 12 nitrogen and oxygen atoms in total. The van der Waals surface area contributed by atoms with E-state index in [0.717, 1.165) is 0 Å². The molecule has 2 amide bonds. The number of aromatic nitrogens is 4. The molecule has 4 rings (SSSR count). The lowest BCUT2D eigenvalue weighted by Gasteiger charge is -2.17. The van der Waals surface area contributed by atoms with E-state index in [4.69, 9.17) is 5.73 Å². The van der Waals surface area contributed by atoms with Crippen LogP contribution in [0.2, 0.25) is 0 Å². The van der Waals surface area contributed by atoms with E-state index < -0.39 is 41.8 Å². The van der Waals surface area contributed by atoms with E-state index in [1.165, 1.54) is 47.2 Å². The van der Waals surface area contributed by atoms with Crippen molar-refractivity contribution >= 4 is 23.3 Å². The van der Waals surface area contributed by atoms with Crippen LogP contribution >= 0.6 is 0 Å². The summed E-state index contributed by atoms with van der Waals surface area (Å²) >= 11 is 0. The van der Waals surface area contributed by atoms with Gasteiger partial charge in [-0.2, -0.15) is 26.9 Å². The van der Waals surface area contributed by atoms with Crippen LogP contribution in [0.5, 0.6) is 0 Å². The molecule has 0 aliphatic heterocycles. The lowest BCUT2D eigenvalue weighted by atomic mass is 10.1. The summed E-state index contributed by atoms with van der Waals surface area (Å²) in [6.45, 7) is 6.74. The quantitative estimate of drug-likeness (QED) is 0.134. The zero-order chi connectivity index (χ0) is 34.7. The van der Waals surface area contributed by atoms with E-state index in [1.54, 1.807) is 19.9 Å². The number of amides is 2. The van der Waals surface area contributed by atoms with Crippen molar-refractivity contribution in [3.05, 3.63) is 76.0 Å². The summed E-state index contributed by atoms with van der Waals surface area (Å²) in [7, 11) is 0. The topological polar surface area (TPSA) is 170 Å². The molecule has 0 aliphatic carbocycles. The average molecular weight is 663 g/mol. The summed E-state index contributed by atoms with van der Waals surface area (Å²) in [4.78, 5) is 46.7. The highest BCUT2D eigenvalue weighted by molar-refractivity contribution is 5.96. The third kappa shape index (κ3) is 8.09. The number of carbonyl (C=O) groups excluding carboxylic acids is 2. The van der Waals surface area contributed by atoms with E-state index in [9.17, 15) is 36.3 Å². The molecule has 47 heavy (non-hydrogen) atoms. The van der Waals surface area contributed by atoms with Crippen LogP contribution in [0.3, 0.4) is 0 Å². The fourth-order valence-electron chi connectivity index (χ4n) is 4.29. The highest BCUT2D eigenvalue weighted by Crippen LogP contribution is 2.43. The summed E-state index contributed by atoms with van der Waals surface area (Å²) in [5, 5.41) is 11.6. The van der Waals surface area contributed by atoms with Gasteiger partial charge in [0, 0.05) is 41.0 Å². The van der Waals surface area contributed by atoms with Crippen LogP contribution in [0.1, 0.15) is 49.5 Å². The van der Waals surface area contributed by atoms with E-state index in [0.29, 0.717) is 11.1 Å². The zero-order valence-corrected chi connectivity index (χ0v) is 25.6. The predicted octanol–water partition coefficient (Wildman–Crippen LogP) is 4.47. The number of hydrogen-bond donors (Lipinski definition) is 4. The average Bonchev–Trinajstić information content (AvgIpc) is 3.48. The first-order valence-electron chi connectivity index (χ1n) is 14.2. The van der Waals surface area contributed by atoms with Crippen LogP contribution in [0.25, 0.3) is 22.6 Å². The van der Waals surface area contributed by atoms with Gasteiger partial charge < -0.3 is 26.2 Å². The van der Waals surface area contributed by atoms with Gasteiger partial charge >= 0.3 is 18.0 Å². The van der Waals surface area contributed by atoms with Crippen LogP contribution in [-0.4, -0.2) is 49.8 Å². The molecule has 0 saturated heterocycles. The molecule has 5 N–H and O–H groups in total. The molecule has 0 saturated carbocycles. The first-order chi connectivity index (χ1) is 22.0. The van der Waals surface area contributed by atoms with Gasteiger partial charge in [-0.25, -0.2) is 4.98 Å². The summed E-state index contributed by atoms with van der Waals surface area (Å²) in [6, 6.07) is 9.92. The van der Waals surface area contributed by atoms with E-state index in [2.05, 4.69) is 35.6 Å². The molecular weight excluding hydrogens is 631 g/mol. The molecule has 0 radical (unpaired) electrons. The van der Waals surface area contributed by atoms with Gasteiger partial charge in [0.05, 0.1) is 11.9 Å². The van der Waals surface area contributed by atoms with E-state index >= 15 is 0 Å². The molecule has 0 unspecified atom stereocenters. The number of halogens is 5. The minimum Gasteiger partial charge on any atom is -0.399 e. The molecule has 17 heteroatoms. The van der Waals surface area contributed by atoms with Crippen LogP contribution in [0.15, 0.2) is 58.0 Å². The number of nitrogens with one attached hydrogen (secondary N) is 3. The third-order valence-electron chi connectivity index (χ3n) is 6.47. The molecule has 0 atom stereocenters. The van der Waals surface area contributed by atoms with Crippen LogP contribution in [0.4, 0.5) is 33.5 Å².